The lowest BCUT2D eigenvalue weighted by Crippen LogP contribution is -2.19. The summed E-state index contributed by atoms with van der Waals surface area (Å²) in [7, 11) is 0. The summed E-state index contributed by atoms with van der Waals surface area (Å²) in [5, 5.41) is 0. The first-order chi connectivity index (χ1) is 16.8. The Morgan fingerprint density at radius 2 is 0.735 bits per heavy atom. The molecule has 1 saturated carbocycles. The third-order valence-corrected chi connectivity index (χ3v) is 8.58. The van der Waals surface area contributed by atoms with Crippen LogP contribution in [0.2, 0.25) is 0 Å². The summed E-state index contributed by atoms with van der Waals surface area (Å²) in [4.78, 5) is 0. The Kier molecular flexibility index (Phi) is 23.2. The van der Waals surface area contributed by atoms with Gasteiger partial charge in [0.15, 0.2) is 0 Å². The average Bonchev–Trinajstić information content (AvgIpc) is 3.59. The predicted molar refractivity (Wildman–Crippen MR) is 156 cm³/mol. The molecule has 0 aromatic carbocycles. The molecule has 2 N–H and O–H groups in total. The van der Waals surface area contributed by atoms with Gasteiger partial charge in [0.2, 0.25) is 0 Å². The molecule has 0 aromatic rings. The smallest absolute Gasteiger partial charge is 0.00388 e. The van der Waals surface area contributed by atoms with E-state index in [1.54, 1.807) is 19.3 Å². The van der Waals surface area contributed by atoms with Gasteiger partial charge in [0.05, 0.1) is 0 Å². The van der Waals surface area contributed by atoms with Crippen LogP contribution in [0, 0.1) is 11.8 Å². The second kappa shape index (κ2) is 24.6. The quantitative estimate of drug-likeness (QED) is 0.111. The summed E-state index contributed by atoms with van der Waals surface area (Å²) in [5.74, 6) is 2.25. The summed E-state index contributed by atoms with van der Waals surface area (Å²) >= 11 is 0. The molecule has 0 radical (unpaired) electrons. The van der Waals surface area contributed by atoms with Crippen LogP contribution in [0.4, 0.5) is 0 Å². The Labute approximate surface area is 217 Å². The van der Waals surface area contributed by atoms with Crippen LogP contribution in [0.25, 0.3) is 0 Å². The number of hydrogen-bond donors (Lipinski definition) is 1. The van der Waals surface area contributed by atoms with Crippen molar-refractivity contribution in [2.75, 3.05) is 0 Å². The molecule has 0 bridgehead atoms. The summed E-state index contributed by atoms with van der Waals surface area (Å²) in [5.41, 5.74) is 6.34. The second-order valence-electron chi connectivity index (χ2n) is 12.1. The van der Waals surface area contributed by atoms with Gasteiger partial charge in [-0.15, -0.1) is 0 Å². The fourth-order valence-corrected chi connectivity index (χ4v) is 5.94. The maximum absolute atomic E-state index is 6.34. The highest BCUT2D eigenvalue weighted by Crippen LogP contribution is 2.45. The van der Waals surface area contributed by atoms with Gasteiger partial charge in [-0.1, -0.05) is 174 Å². The minimum Gasteiger partial charge on any atom is -0.328 e. The molecular formula is C33H67N. The van der Waals surface area contributed by atoms with Crippen LogP contribution >= 0.6 is 0 Å². The number of rotatable bonds is 28. The molecule has 0 aromatic heterocycles. The minimum atomic E-state index is 0.469. The molecule has 0 amide bonds. The van der Waals surface area contributed by atoms with Crippen molar-refractivity contribution in [2.24, 2.45) is 17.6 Å². The van der Waals surface area contributed by atoms with Gasteiger partial charge in [0, 0.05) is 6.04 Å². The summed E-state index contributed by atoms with van der Waals surface area (Å²) in [6.45, 7) is 4.61. The molecule has 0 aliphatic heterocycles. The molecule has 1 fully saturated rings. The molecule has 1 unspecified atom stereocenters. The molecule has 1 heteroatoms. The van der Waals surface area contributed by atoms with Crippen molar-refractivity contribution < 1.29 is 0 Å². The SMILES string of the molecule is CCCCCCCCCCC(N)CCCCCCCCCCC[C@H]1C[C@H]1CCCCCCCC. The number of nitrogens with two attached hydrogens (primary N) is 1. The van der Waals surface area contributed by atoms with Gasteiger partial charge >= 0.3 is 0 Å². The summed E-state index contributed by atoms with van der Waals surface area (Å²) < 4.78 is 0. The van der Waals surface area contributed by atoms with Crippen molar-refractivity contribution in [2.45, 2.75) is 200 Å². The highest BCUT2D eigenvalue weighted by Gasteiger charge is 2.34. The molecule has 0 spiro atoms. The standard InChI is InChI=1S/C33H67N/c1-3-5-7-9-11-16-20-24-28-33(34)29-25-21-17-14-12-13-15-19-23-27-32-30-31(32)26-22-18-10-8-6-4-2/h31-33H,3-30,34H2,1-2H3/t31-,32+,33?/m1/s1. The molecule has 1 rings (SSSR count). The van der Waals surface area contributed by atoms with Crippen molar-refractivity contribution in [3.8, 4) is 0 Å². The summed E-state index contributed by atoms with van der Waals surface area (Å²) in [6.07, 6.45) is 40.3. The van der Waals surface area contributed by atoms with Crippen molar-refractivity contribution in [3.63, 3.8) is 0 Å². The highest BCUT2D eigenvalue weighted by atomic mass is 14.6. The van der Waals surface area contributed by atoms with Crippen LogP contribution in [-0.4, -0.2) is 6.04 Å². The van der Waals surface area contributed by atoms with E-state index in [-0.39, 0.29) is 0 Å². The maximum atomic E-state index is 6.34. The predicted octanol–water partition coefficient (Wildman–Crippen LogP) is 11.5. The van der Waals surface area contributed by atoms with E-state index in [2.05, 4.69) is 13.8 Å². The van der Waals surface area contributed by atoms with Crippen LogP contribution in [0.5, 0.6) is 0 Å². The molecular weight excluding hydrogens is 410 g/mol. The van der Waals surface area contributed by atoms with Gasteiger partial charge in [-0.3, -0.25) is 0 Å². The van der Waals surface area contributed by atoms with Gasteiger partial charge in [0.1, 0.15) is 0 Å². The number of unbranched alkanes of at least 4 members (excludes halogenated alkanes) is 20. The maximum Gasteiger partial charge on any atom is 0.00388 e. The van der Waals surface area contributed by atoms with E-state index in [9.17, 15) is 0 Å². The molecule has 34 heavy (non-hydrogen) atoms. The van der Waals surface area contributed by atoms with Gasteiger partial charge in [-0.25, -0.2) is 0 Å². The van der Waals surface area contributed by atoms with E-state index in [0.29, 0.717) is 6.04 Å². The summed E-state index contributed by atoms with van der Waals surface area (Å²) in [6, 6.07) is 0.469. The van der Waals surface area contributed by atoms with Crippen molar-refractivity contribution >= 4 is 0 Å². The average molecular weight is 478 g/mol. The molecule has 204 valence electrons. The van der Waals surface area contributed by atoms with E-state index in [1.165, 1.54) is 161 Å². The fraction of sp³-hybridized carbons (Fsp3) is 1.00. The fourth-order valence-electron chi connectivity index (χ4n) is 5.94. The third kappa shape index (κ3) is 21.3. The first-order valence-electron chi connectivity index (χ1n) is 16.5. The van der Waals surface area contributed by atoms with E-state index in [4.69, 9.17) is 5.73 Å². The Balaban J connectivity index is 1.71. The van der Waals surface area contributed by atoms with Crippen LogP contribution in [0.1, 0.15) is 194 Å². The van der Waals surface area contributed by atoms with E-state index >= 15 is 0 Å². The monoisotopic (exact) mass is 478 g/mol. The van der Waals surface area contributed by atoms with Crippen LogP contribution in [0.3, 0.4) is 0 Å². The molecule has 1 nitrogen and oxygen atoms in total. The molecule has 0 saturated heterocycles. The number of hydrogen-bond acceptors (Lipinski definition) is 1. The van der Waals surface area contributed by atoms with E-state index in [0.717, 1.165) is 11.8 Å². The van der Waals surface area contributed by atoms with Crippen LogP contribution in [-0.2, 0) is 0 Å². The Morgan fingerprint density at radius 3 is 1.09 bits per heavy atom. The molecule has 1 aliphatic rings. The van der Waals surface area contributed by atoms with E-state index < -0.39 is 0 Å². The highest BCUT2D eigenvalue weighted by molar-refractivity contribution is 4.85. The lowest BCUT2D eigenvalue weighted by atomic mass is 10.00. The van der Waals surface area contributed by atoms with Crippen LogP contribution in [0.15, 0.2) is 0 Å². The van der Waals surface area contributed by atoms with Gasteiger partial charge in [-0.2, -0.15) is 0 Å². The second-order valence-corrected chi connectivity index (χ2v) is 12.1. The zero-order chi connectivity index (χ0) is 24.5. The van der Waals surface area contributed by atoms with Crippen LogP contribution < -0.4 is 5.73 Å². The van der Waals surface area contributed by atoms with E-state index in [1.807, 2.05) is 0 Å². The lowest BCUT2D eigenvalue weighted by molar-refractivity contribution is 0.478. The van der Waals surface area contributed by atoms with Crippen molar-refractivity contribution in [3.05, 3.63) is 0 Å². The van der Waals surface area contributed by atoms with Gasteiger partial charge in [-0.05, 0) is 31.1 Å². The molecule has 3 atom stereocenters. The normalized spacial score (nSPS) is 18.4. The lowest BCUT2D eigenvalue weighted by Gasteiger charge is -2.11. The molecule has 0 heterocycles. The Morgan fingerprint density at radius 1 is 0.441 bits per heavy atom. The topological polar surface area (TPSA) is 26.0 Å². The Hall–Kier alpha value is -0.0400. The minimum absolute atomic E-state index is 0.469. The largest absolute Gasteiger partial charge is 0.328 e. The van der Waals surface area contributed by atoms with Gasteiger partial charge in [0.25, 0.3) is 0 Å². The first kappa shape index (κ1) is 32.0. The third-order valence-electron chi connectivity index (χ3n) is 8.58. The van der Waals surface area contributed by atoms with Crippen molar-refractivity contribution in [1.82, 2.24) is 0 Å². The zero-order valence-electron chi connectivity index (χ0n) is 24.1. The first-order valence-corrected chi connectivity index (χ1v) is 16.5. The zero-order valence-corrected chi connectivity index (χ0v) is 24.1. The Bertz CT molecular complexity index is 392. The molecule has 1 aliphatic carbocycles. The van der Waals surface area contributed by atoms with Crippen molar-refractivity contribution in [1.29, 1.82) is 0 Å². The van der Waals surface area contributed by atoms with Gasteiger partial charge < -0.3 is 5.73 Å².